The number of hydrogen-bond donors (Lipinski definition) is 0. The molecule has 2 aliphatic rings. The highest BCUT2D eigenvalue weighted by molar-refractivity contribution is 5.95. The first-order valence-corrected chi connectivity index (χ1v) is 11.3. The van der Waals surface area contributed by atoms with E-state index < -0.39 is 22.9 Å². The van der Waals surface area contributed by atoms with Crippen LogP contribution in [-0.2, 0) is 11.3 Å². The zero-order chi connectivity index (χ0) is 25.2. The molecule has 1 atom stereocenters. The Kier molecular flexibility index (Phi) is 6.19. The van der Waals surface area contributed by atoms with Gasteiger partial charge in [0.25, 0.3) is 11.6 Å². The van der Waals surface area contributed by atoms with Gasteiger partial charge in [-0.2, -0.15) is 0 Å². The number of halogens is 1. The van der Waals surface area contributed by atoms with Crippen molar-refractivity contribution in [1.82, 2.24) is 19.9 Å². The Morgan fingerprint density at radius 2 is 1.97 bits per heavy atom. The zero-order valence-electron chi connectivity index (χ0n) is 19.1. The Balaban J connectivity index is 1.21. The standard InChI is InChI=1S/C23H22FN7O5/c24-20-13-17(30-15-19(36-23(30)33)14-29-7-6-25-26-29)4-5-21(20)27-8-10-28(11-9-27)22(32)16-2-1-3-18(12-16)31(34)35/h1-7,12-13,19H,8-11,14-15H2/t19-/m0/s1. The molecule has 2 fully saturated rings. The van der Waals surface area contributed by atoms with Crippen molar-refractivity contribution >= 4 is 29.1 Å². The molecule has 5 rings (SSSR count). The van der Waals surface area contributed by atoms with Crippen molar-refractivity contribution in [2.75, 3.05) is 42.5 Å². The highest BCUT2D eigenvalue weighted by Gasteiger charge is 2.33. The number of ether oxygens (including phenoxy) is 1. The van der Waals surface area contributed by atoms with Crippen LogP contribution in [0.1, 0.15) is 10.4 Å². The number of nitro benzene ring substituents is 1. The van der Waals surface area contributed by atoms with E-state index in [2.05, 4.69) is 10.3 Å². The number of rotatable bonds is 6. The number of benzene rings is 2. The molecule has 186 valence electrons. The molecule has 2 aromatic carbocycles. The van der Waals surface area contributed by atoms with Gasteiger partial charge in [0, 0.05) is 50.1 Å². The van der Waals surface area contributed by atoms with Gasteiger partial charge >= 0.3 is 6.09 Å². The van der Waals surface area contributed by atoms with Crippen molar-refractivity contribution in [3.05, 3.63) is 76.4 Å². The van der Waals surface area contributed by atoms with Gasteiger partial charge in [-0.05, 0) is 24.3 Å². The molecule has 0 spiro atoms. The molecular formula is C23H22FN7O5. The molecule has 36 heavy (non-hydrogen) atoms. The summed E-state index contributed by atoms with van der Waals surface area (Å²) in [7, 11) is 0. The third-order valence-electron chi connectivity index (χ3n) is 6.19. The van der Waals surface area contributed by atoms with E-state index in [1.54, 1.807) is 34.0 Å². The van der Waals surface area contributed by atoms with Crippen LogP contribution in [0.15, 0.2) is 54.9 Å². The smallest absolute Gasteiger partial charge is 0.414 e. The van der Waals surface area contributed by atoms with E-state index in [1.807, 2.05) is 4.90 Å². The maximum absolute atomic E-state index is 15.1. The SMILES string of the molecule is O=C(c1cccc([N+](=O)[O-])c1)N1CCN(c2ccc(N3C[C@H](Cn4ccnn4)OC3=O)cc2F)CC1. The Labute approximate surface area is 204 Å². The van der Waals surface area contributed by atoms with Crippen LogP contribution < -0.4 is 9.80 Å². The summed E-state index contributed by atoms with van der Waals surface area (Å²) in [5.41, 5.74) is 0.857. The molecule has 3 aromatic rings. The summed E-state index contributed by atoms with van der Waals surface area (Å²) < 4.78 is 22.0. The monoisotopic (exact) mass is 495 g/mol. The molecule has 0 bridgehead atoms. The van der Waals surface area contributed by atoms with Gasteiger partial charge in [-0.1, -0.05) is 11.3 Å². The number of non-ortho nitro benzene ring substituents is 1. The summed E-state index contributed by atoms with van der Waals surface area (Å²) in [6, 6.07) is 10.2. The van der Waals surface area contributed by atoms with E-state index in [0.29, 0.717) is 44.1 Å². The van der Waals surface area contributed by atoms with Crippen LogP contribution in [0.4, 0.5) is 26.2 Å². The van der Waals surface area contributed by atoms with Gasteiger partial charge in [0.1, 0.15) is 11.9 Å². The highest BCUT2D eigenvalue weighted by atomic mass is 19.1. The fourth-order valence-electron chi connectivity index (χ4n) is 4.37. The number of carbonyl (C=O) groups excluding carboxylic acids is 2. The average Bonchev–Trinajstić information content (AvgIpc) is 3.53. The third-order valence-corrected chi connectivity index (χ3v) is 6.19. The lowest BCUT2D eigenvalue weighted by Crippen LogP contribution is -2.49. The number of carbonyl (C=O) groups is 2. The van der Waals surface area contributed by atoms with E-state index in [1.165, 1.54) is 35.4 Å². The van der Waals surface area contributed by atoms with Crippen molar-refractivity contribution < 1.29 is 23.6 Å². The molecule has 0 radical (unpaired) electrons. The van der Waals surface area contributed by atoms with E-state index in [0.717, 1.165) is 0 Å². The number of hydrogen-bond acceptors (Lipinski definition) is 8. The minimum atomic E-state index is -0.555. The minimum Gasteiger partial charge on any atom is -0.442 e. The number of nitrogens with zero attached hydrogens (tertiary/aromatic N) is 7. The maximum atomic E-state index is 15.1. The van der Waals surface area contributed by atoms with Crippen LogP contribution in [-0.4, -0.2) is 75.6 Å². The summed E-state index contributed by atoms with van der Waals surface area (Å²) in [5, 5.41) is 18.6. The second-order valence-electron chi connectivity index (χ2n) is 8.46. The Bertz CT molecular complexity index is 1290. The molecule has 2 amide bonds. The van der Waals surface area contributed by atoms with Crippen LogP contribution >= 0.6 is 0 Å². The highest BCUT2D eigenvalue weighted by Crippen LogP contribution is 2.29. The van der Waals surface area contributed by atoms with Gasteiger partial charge < -0.3 is 14.5 Å². The molecule has 2 saturated heterocycles. The first-order chi connectivity index (χ1) is 17.4. The van der Waals surface area contributed by atoms with E-state index >= 15 is 4.39 Å². The number of aromatic nitrogens is 3. The van der Waals surface area contributed by atoms with Crippen LogP contribution in [0.3, 0.4) is 0 Å². The Morgan fingerprint density at radius 3 is 2.67 bits per heavy atom. The van der Waals surface area contributed by atoms with Crippen LogP contribution in [0.2, 0.25) is 0 Å². The lowest BCUT2D eigenvalue weighted by molar-refractivity contribution is -0.384. The number of piperazine rings is 1. The van der Waals surface area contributed by atoms with Gasteiger partial charge in [0.2, 0.25) is 0 Å². The molecule has 1 aromatic heterocycles. The number of nitro groups is 1. The van der Waals surface area contributed by atoms with E-state index in [4.69, 9.17) is 4.74 Å². The van der Waals surface area contributed by atoms with Crippen LogP contribution in [0.5, 0.6) is 0 Å². The van der Waals surface area contributed by atoms with Gasteiger partial charge in [-0.3, -0.25) is 19.8 Å². The second kappa shape index (κ2) is 9.60. The first kappa shape index (κ1) is 23.2. The molecule has 13 heteroatoms. The Hall–Kier alpha value is -4.55. The van der Waals surface area contributed by atoms with Crippen molar-refractivity contribution in [1.29, 1.82) is 0 Å². The number of anilines is 2. The van der Waals surface area contributed by atoms with Crippen molar-refractivity contribution in [3.63, 3.8) is 0 Å². The number of cyclic esters (lactones) is 1. The van der Waals surface area contributed by atoms with E-state index in [-0.39, 0.29) is 23.7 Å². The fourth-order valence-corrected chi connectivity index (χ4v) is 4.37. The summed E-state index contributed by atoms with van der Waals surface area (Å²) in [6.45, 7) is 2.07. The lowest BCUT2D eigenvalue weighted by Gasteiger charge is -2.36. The van der Waals surface area contributed by atoms with Crippen LogP contribution in [0, 0.1) is 15.9 Å². The molecule has 12 nitrogen and oxygen atoms in total. The van der Waals surface area contributed by atoms with Gasteiger partial charge in [-0.15, -0.1) is 5.10 Å². The second-order valence-corrected chi connectivity index (χ2v) is 8.46. The molecule has 0 aliphatic carbocycles. The molecular weight excluding hydrogens is 473 g/mol. The normalized spacial score (nSPS) is 17.9. The zero-order valence-corrected chi connectivity index (χ0v) is 19.1. The molecule has 0 N–H and O–H groups in total. The summed E-state index contributed by atoms with van der Waals surface area (Å²) in [5.74, 6) is -0.791. The maximum Gasteiger partial charge on any atom is 0.414 e. The first-order valence-electron chi connectivity index (χ1n) is 11.3. The van der Waals surface area contributed by atoms with Gasteiger partial charge in [0.05, 0.1) is 35.6 Å². The molecule has 3 heterocycles. The summed E-state index contributed by atoms with van der Waals surface area (Å²) in [6.07, 6.45) is 2.22. The summed E-state index contributed by atoms with van der Waals surface area (Å²) >= 11 is 0. The minimum absolute atomic E-state index is 0.145. The van der Waals surface area contributed by atoms with Crippen LogP contribution in [0.25, 0.3) is 0 Å². The Morgan fingerprint density at radius 1 is 1.17 bits per heavy atom. The molecule has 0 saturated carbocycles. The van der Waals surface area contributed by atoms with Gasteiger partial charge in [0.15, 0.2) is 0 Å². The third kappa shape index (κ3) is 4.67. The van der Waals surface area contributed by atoms with Gasteiger partial charge in [-0.25, -0.2) is 13.9 Å². The quantitative estimate of drug-likeness (QED) is 0.377. The number of amides is 2. The topological polar surface area (TPSA) is 127 Å². The van der Waals surface area contributed by atoms with Crippen molar-refractivity contribution in [3.8, 4) is 0 Å². The molecule has 0 unspecified atom stereocenters. The van der Waals surface area contributed by atoms with E-state index in [9.17, 15) is 19.7 Å². The van der Waals surface area contributed by atoms with Crippen molar-refractivity contribution in [2.24, 2.45) is 0 Å². The summed E-state index contributed by atoms with van der Waals surface area (Å²) in [4.78, 5) is 40.4. The predicted molar refractivity (Wildman–Crippen MR) is 125 cm³/mol. The van der Waals surface area contributed by atoms with Crippen molar-refractivity contribution in [2.45, 2.75) is 12.6 Å². The predicted octanol–water partition coefficient (Wildman–Crippen LogP) is 2.31. The lowest BCUT2D eigenvalue weighted by atomic mass is 10.1. The fraction of sp³-hybridized carbons (Fsp3) is 0.304. The average molecular weight is 495 g/mol. The largest absolute Gasteiger partial charge is 0.442 e. The molecule has 2 aliphatic heterocycles.